The molecule has 1 aromatic carbocycles. The van der Waals surface area contributed by atoms with Gasteiger partial charge in [0, 0.05) is 12.1 Å². The summed E-state index contributed by atoms with van der Waals surface area (Å²) in [5.41, 5.74) is 1.05. The SMILES string of the molecule is O=P(O)(O)O.O=P(O)(O)O.O=P(O)(O)O.O=P(O)(O)O.Oc1ccccc1CN1CCCC1. The molecule has 33 heavy (non-hydrogen) atoms. The van der Waals surface area contributed by atoms with Gasteiger partial charge in [-0.05, 0) is 32.0 Å². The van der Waals surface area contributed by atoms with Gasteiger partial charge in [-0.1, -0.05) is 18.2 Å². The quantitative estimate of drug-likeness (QED) is 0.176. The fourth-order valence-corrected chi connectivity index (χ4v) is 1.83. The molecule has 0 atom stereocenters. The number of para-hydroxylation sites is 1. The summed E-state index contributed by atoms with van der Waals surface area (Å²) in [4.78, 5) is 88.6. The lowest BCUT2D eigenvalue weighted by Crippen LogP contribution is -2.18. The smallest absolute Gasteiger partial charge is 0.466 e. The highest BCUT2D eigenvalue weighted by atomic mass is 31.2. The monoisotopic (exact) mass is 569 g/mol. The average molecular weight is 569 g/mol. The second-order valence-electron chi connectivity index (χ2n) is 5.67. The molecule has 0 aromatic heterocycles. The molecule has 0 saturated carbocycles. The molecule has 0 radical (unpaired) electrons. The van der Waals surface area contributed by atoms with Crippen molar-refractivity contribution < 1.29 is 82.1 Å². The van der Waals surface area contributed by atoms with E-state index in [1.54, 1.807) is 6.07 Å². The first-order chi connectivity index (χ1) is 14.4. The zero-order valence-corrected chi connectivity index (χ0v) is 20.1. The van der Waals surface area contributed by atoms with Crippen LogP contribution in [-0.2, 0) is 24.8 Å². The number of phenols is 1. The van der Waals surface area contributed by atoms with Crippen LogP contribution in [0.25, 0.3) is 0 Å². The van der Waals surface area contributed by atoms with Crippen molar-refractivity contribution in [3.8, 4) is 5.75 Å². The van der Waals surface area contributed by atoms with Crippen LogP contribution in [0.2, 0.25) is 0 Å². The minimum atomic E-state index is -4.64. The van der Waals surface area contributed by atoms with Crippen molar-refractivity contribution in [2.24, 2.45) is 0 Å². The molecular formula is C11H27NO17P4. The highest BCUT2D eigenvalue weighted by Gasteiger charge is 2.12. The summed E-state index contributed by atoms with van der Waals surface area (Å²) < 4.78 is 35.5. The molecular weight excluding hydrogens is 542 g/mol. The molecule has 1 aromatic rings. The van der Waals surface area contributed by atoms with Crippen molar-refractivity contribution in [2.45, 2.75) is 19.4 Å². The van der Waals surface area contributed by atoms with Gasteiger partial charge < -0.3 is 63.8 Å². The first-order valence-corrected chi connectivity index (χ1v) is 14.2. The van der Waals surface area contributed by atoms with Crippen molar-refractivity contribution in [3.05, 3.63) is 29.8 Å². The molecule has 2 rings (SSSR count). The largest absolute Gasteiger partial charge is 0.508 e. The molecule has 0 bridgehead atoms. The molecule has 0 unspecified atom stereocenters. The maximum atomic E-state index is 9.54. The number of likely N-dealkylation sites (tertiary alicyclic amines) is 1. The normalized spacial score (nSPS) is 14.2. The van der Waals surface area contributed by atoms with Gasteiger partial charge in [0.05, 0.1) is 0 Å². The minimum absolute atomic E-state index is 0.425. The first kappa shape index (κ1) is 37.0. The number of rotatable bonds is 2. The molecule has 22 heteroatoms. The Hall–Kier alpha value is -0.580. The van der Waals surface area contributed by atoms with E-state index in [1.807, 2.05) is 18.2 Å². The van der Waals surface area contributed by atoms with E-state index < -0.39 is 31.3 Å². The van der Waals surface area contributed by atoms with E-state index >= 15 is 0 Å². The van der Waals surface area contributed by atoms with Gasteiger partial charge in [-0.25, -0.2) is 18.3 Å². The second-order valence-corrected chi connectivity index (χ2v) is 9.77. The standard InChI is InChI=1S/C11H15NO.4H3O4P/c13-11-6-2-1-5-10(11)9-12-7-3-4-8-12;4*1-5(2,3)4/h1-2,5-6,13H,3-4,7-9H2;4*(H3,1,2,3,4). The van der Waals surface area contributed by atoms with E-state index in [-0.39, 0.29) is 0 Å². The number of aromatic hydroxyl groups is 1. The van der Waals surface area contributed by atoms with Crippen molar-refractivity contribution in [2.75, 3.05) is 13.1 Å². The Bertz CT molecular complexity index is 722. The second kappa shape index (κ2) is 16.9. The fraction of sp³-hybridized carbons (Fsp3) is 0.455. The summed E-state index contributed by atoms with van der Waals surface area (Å²) in [7, 11) is -18.6. The average Bonchev–Trinajstić information content (AvgIpc) is 2.95. The molecule has 0 spiro atoms. The molecule has 1 saturated heterocycles. The summed E-state index contributed by atoms with van der Waals surface area (Å²) in [5.74, 6) is 0.425. The van der Waals surface area contributed by atoms with Gasteiger partial charge in [-0.15, -0.1) is 0 Å². The van der Waals surface area contributed by atoms with E-state index in [0.29, 0.717) is 5.75 Å². The van der Waals surface area contributed by atoms with Crippen LogP contribution in [0.15, 0.2) is 24.3 Å². The Balaban J connectivity index is -0.000000381. The first-order valence-electron chi connectivity index (χ1n) is 7.98. The Morgan fingerprint density at radius 3 is 1.15 bits per heavy atom. The molecule has 18 nitrogen and oxygen atoms in total. The van der Waals surface area contributed by atoms with Gasteiger partial charge in [0.2, 0.25) is 0 Å². The van der Waals surface area contributed by atoms with Crippen molar-refractivity contribution >= 4 is 31.3 Å². The molecule has 1 aliphatic rings. The lowest BCUT2D eigenvalue weighted by Gasteiger charge is -2.14. The summed E-state index contributed by atoms with van der Waals surface area (Å²) in [6.07, 6.45) is 2.60. The third-order valence-corrected chi connectivity index (χ3v) is 2.58. The van der Waals surface area contributed by atoms with Crippen molar-refractivity contribution in [1.29, 1.82) is 0 Å². The summed E-state index contributed by atoms with van der Waals surface area (Å²) >= 11 is 0. The number of nitrogens with zero attached hydrogens (tertiary/aromatic N) is 1. The van der Waals surface area contributed by atoms with Crippen LogP contribution in [0.1, 0.15) is 18.4 Å². The molecule has 0 amide bonds. The van der Waals surface area contributed by atoms with Gasteiger partial charge in [0.15, 0.2) is 0 Å². The maximum absolute atomic E-state index is 9.54. The van der Waals surface area contributed by atoms with Gasteiger partial charge in [0.25, 0.3) is 0 Å². The number of phenolic OH excluding ortho intramolecular Hbond substituents is 1. The van der Waals surface area contributed by atoms with Crippen LogP contribution in [0.5, 0.6) is 5.75 Å². The van der Waals surface area contributed by atoms with Crippen molar-refractivity contribution in [1.82, 2.24) is 4.90 Å². The summed E-state index contributed by atoms with van der Waals surface area (Å²) in [5, 5.41) is 9.54. The maximum Gasteiger partial charge on any atom is 0.466 e. The van der Waals surface area contributed by atoms with Gasteiger partial charge in [-0.3, -0.25) is 4.90 Å². The number of benzene rings is 1. The van der Waals surface area contributed by atoms with Crippen LogP contribution >= 0.6 is 31.3 Å². The number of phosphoric acid groups is 4. The molecule has 13 N–H and O–H groups in total. The van der Waals surface area contributed by atoms with Gasteiger partial charge in [0.1, 0.15) is 5.75 Å². The third kappa shape index (κ3) is 59.3. The van der Waals surface area contributed by atoms with E-state index in [2.05, 4.69) is 4.90 Å². The molecule has 1 heterocycles. The highest BCUT2D eigenvalue weighted by molar-refractivity contribution is 7.45. The Morgan fingerprint density at radius 1 is 0.606 bits per heavy atom. The topological polar surface area (TPSA) is 335 Å². The molecule has 1 aliphatic heterocycles. The molecule has 0 aliphatic carbocycles. The number of hydrogen-bond acceptors (Lipinski definition) is 6. The van der Waals surface area contributed by atoms with E-state index in [9.17, 15) is 5.11 Å². The highest BCUT2D eigenvalue weighted by Crippen LogP contribution is 2.27. The Kier molecular flexibility index (Phi) is 19.0. The fourth-order valence-electron chi connectivity index (χ4n) is 1.83. The van der Waals surface area contributed by atoms with Crippen LogP contribution in [0.3, 0.4) is 0 Å². The number of hydrogen-bond donors (Lipinski definition) is 13. The predicted octanol–water partition coefficient (Wildman–Crippen LogP) is -1.73. The van der Waals surface area contributed by atoms with E-state index in [1.165, 1.54) is 25.9 Å². The molecule has 1 fully saturated rings. The van der Waals surface area contributed by atoms with Crippen LogP contribution in [0.4, 0.5) is 0 Å². The minimum Gasteiger partial charge on any atom is -0.508 e. The Morgan fingerprint density at radius 2 is 0.879 bits per heavy atom. The lowest BCUT2D eigenvalue weighted by atomic mass is 10.2. The zero-order valence-electron chi connectivity index (χ0n) is 16.5. The predicted molar refractivity (Wildman–Crippen MR) is 110 cm³/mol. The summed E-state index contributed by atoms with van der Waals surface area (Å²) in [6.45, 7) is 3.25. The Labute approximate surface area is 187 Å². The lowest BCUT2D eigenvalue weighted by molar-refractivity contribution is 0.272. The zero-order chi connectivity index (χ0) is 27.1. The van der Waals surface area contributed by atoms with Crippen molar-refractivity contribution in [3.63, 3.8) is 0 Å². The summed E-state index contributed by atoms with van der Waals surface area (Å²) in [6, 6.07) is 7.59. The van der Waals surface area contributed by atoms with E-state index in [0.717, 1.165) is 12.1 Å². The third-order valence-electron chi connectivity index (χ3n) is 2.58. The molecule has 198 valence electrons. The van der Waals surface area contributed by atoms with Crippen LogP contribution in [0, 0.1) is 0 Å². The van der Waals surface area contributed by atoms with Crippen LogP contribution < -0.4 is 0 Å². The van der Waals surface area contributed by atoms with Gasteiger partial charge in [-0.2, -0.15) is 0 Å². The van der Waals surface area contributed by atoms with Gasteiger partial charge >= 0.3 is 31.3 Å². The van der Waals surface area contributed by atoms with E-state index in [4.69, 9.17) is 77.0 Å². The van der Waals surface area contributed by atoms with Crippen LogP contribution in [-0.4, -0.2) is 81.8 Å².